The van der Waals surface area contributed by atoms with Gasteiger partial charge in [-0.05, 0) is 48.8 Å². The van der Waals surface area contributed by atoms with E-state index in [-0.39, 0.29) is 11.5 Å². The van der Waals surface area contributed by atoms with E-state index in [0.717, 1.165) is 23.1 Å². The van der Waals surface area contributed by atoms with Crippen molar-refractivity contribution in [3.05, 3.63) is 28.2 Å². The van der Waals surface area contributed by atoms with Gasteiger partial charge in [0.25, 0.3) is 0 Å². The quantitative estimate of drug-likeness (QED) is 0.737. The molecule has 108 valence electrons. The Morgan fingerprint density at radius 2 is 2.10 bits per heavy atom. The third-order valence-electron chi connectivity index (χ3n) is 6.09. The number of ether oxygens (including phenoxy) is 1. The highest BCUT2D eigenvalue weighted by atomic mass is 79.9. The molecule has 20 heavy (non-hydrogen) atoms. The zero-order valence-electron chi connectivity index (χ0n) is 12.3. The van der Waals surface area contributed by atoms with Crippen LogP contribution in [-0.2, 0) is 0 Å². The Balaban J connectivity index is 1.90. The Morgan fingerprint density at radius 3 is 2.65 bits per heavy atom. The number of fused-ring (bicyclic) bond motifs is 2. The second-order valence-corrected chi connectivity index (χ2v) is 7.93. The van der Waals surface area contributed by atoms with Crippen molar-refractivity contribution in [1.29, 1.82) is 0 Å². The fourth-order valence-corrected chi connectivity index (χ4v) is 4.51. The molecule has 0 saturated heterocycles. The Kier molecular flexibility index (Phi) is 3.24. The number of carbonyl (C=O) groups excluding carboxylic acids is 1. The molecule has 2 aliphatic carbocycles. The maximum atomic E-state index is 11.2. The Bertz CT molecular complexity index is 552. The zero-order chi connectivity index (χ0) is 14.5. The molecule has 3 rings (SSSR count). The van der Waals surface area contributed by atoms with E-state index >= 15 is 0 Å². The summed E-state index contributed by atoms with van der Waals surface area (Å²) in [6, 6.07) is 5.60. The number of hydrogen-bond acceptors (Lipinski definition) is 2. The lowest BCUT2D eigenvalue weighted by Crippen LogP contribution is -2.39. The highest BCUT2D eigenvalue weighted by Crippen LogP contribution is 2.66. The summed E-state index contributed by atoms with van der Waals surface area (Å²) in [6.07, 6.45) is 4.73. The number of hydrogen-bond donors (Lipinski definition) is 0. The van der Waals surface area contributed by atoms with Crippen molar-refractivity contribution >= 4 is 22.2 Å². The number of halogens is 1. The maximum absolute atomic E-state index is 11.2. The third-order valence-corrected chi connectivity index (χ3v) is 6.58. The number of benzene rings is 1. The first-order chi connectivity index (χ1) is 9.38. The summed E-state index contributed by atoms with van der Waals surface area (Å²) in [7, 11) is 0. The highest BCUT2D eigenvalue weighted by Gasteiger charge is 2.62. The second kappa shape index (κ2) is 4.59. The lowest BCUT2D eigenvalue weighted by atomic mass is 9.70. The Hall–Kier alpha value is -0.830. The van der Waals surface area contributed by atoms with Crippen LogP contribution in [0.3, 0.4) is 0 Å². The van der Waals surface area contributed by atoms with Gasteiger partial charge in [-0.15, -0.1) is 0 Å². The van der Waals surface area contributed by atoms with Crippen LogP contribution in [0.25, 0.3) is 0 Å². The van der Waals surface area contributed by atoms with Gasteiger partial charge in [0.2, 0.25) is 0 Å². The molecule has 0 aromatic heterocycles. The molecule has 1 aromatic rings. The van der Waals surface area contributed by atoms with Crippen LogP contribution in [0.4, 0.5) is 0 Å². The smallest absolute Gasteiger partial charge is 0.153 e. The fraction of sp³-hybridized carbons (Fsp3) is 0.588. The van der Waals surface area contributed by atoms with Crippen LogP contribution in [0.15, 0.2) is 22.7 Å². The molecule has 0 aliphatic heterocycles. The Labute approximate surface area is 129 Å². The van der Waals surface area contributed by atoms with Crippen LogP contribution in [0.5, 0.6) is 5.75 Å². The van der Waals surface area contributed by atoms with Crippen LogP contribution in [0.1, 0.15) is 50.4 Å². The molecule has 1 aromatic carbocycles. The van der Waals surface area contributed by atoms with E-state index in [9.17, 15) is 4.79 Å². The summed E-state index contributed by atoms with van der Waals surface area (Å²) in [4.78, 5) is 11.2. The number of rotatable bonds is 3. The van der Waals surface area contributed by atoms with Crippen molar-refractivity contribution in [1.82, 2.24) is 0 Å². The highest BCUT2D eigenvalue weighted by molar-refractivity contribution is 9.10. The summed E-state index contributed by atoms with van der Waals surface area (Å²) in [5.41, 5.74) is 1.17. The topological polar surface area (TPSA) is 26.3 Å². The lowest BCUT2D eigenvalue weighted by Gasteiger charge is -2.39. The van der Waals surface area contributed by atoms with E-state index in [0.29, 0.717) is 16.7 Å². The van der Waals surface area contributed by atoms with Crippen LogP contribution in [0, 0.1) is 16.7 Å². The molecule has 0 radical (unpaired) electrons. The second-order valence-electron chi connectivity index (χ2n) is 7.02. The van der Waals surface area contributed by atoms with E-state index in [1.165, 1.54) is 12.8 Å². The first kappa shape index (κ1) is 14.1. The minimum atomic E-state index is 0.208. The van der Waals surface area contributed by atoms with Crippen molar-refractivity contribution in [3.63, 3.8) is 0 Å². The van der Waals surface area contributed by atoms with E-state index in [1.807, 2.05) is 18.2 Å². The van der Waals surface area contributed by atoms with Crippen LogP contribution in [-0.4, -0.2) is 12.4 Å². The van der Waals surface area contributed by atoms with Gasteiger partial charge in [0.1, 0.15) is 11.9 Å². The molecule has 0 amide bonds. The van der Waals surface area contributed by atoms with Crippen molar-refractivity contribution in [2.75, 3.05) is 0 Å². The molecule has 2 aliphatic rings. The molecule has 0 N–H and O–H groups in total. The van der Waals surface area contributed by atoms with E-state index in [4.69, 9.17) is 4.74 Å². The minimum Gasteiger partial charge on any atom is -0.489 e. The summed E-state index contributed by atoms with van der Waals surface area (Å²) >= 11 is 3.46. The van der Waals surface area contributed by atoms with E-state index < -0.39 is 0 Å². The molecule has 2 saturated carbocycles. The average molecular weight is 337 g/mol. The lowest BCUT2D eigenvalue weighted by molar-refractivity contribution is 0.0297. The molecule has 3 atom stereocenters. The minimum absolute atomic E-state index is 0.208. The van der Waals surface area contributed by atoms with E-state index in [2.05, 4.69) is 36.7 Å². The molecule has 0 heterocycles. The van der Waals surface area contributed by atoms with Gasteiger partial charge in [0.05, 0.1) is 5.56 Å². The summed E-state index contributed by atoms with van der Waals surface area (Å²) in [5, 5.41) is 0. The first-order valence-corrected chi connectivity index (χ1v) is 8.09. The predicted octanol–water partition coefficient (Wildman–Crippen LogP) is 4.86. The van der Waals surface area contributed by atoms with Crippen molar-refractivity contribution < 1.29 is 9.53 Å². The van der Waals surface area contributed by atoms with Crippen molar-refractivity contribution in [2.24, 2.45) is 16.7 Å². The summed E-state index contributed by atoms with van der Waals surface area (Å²) < 4.78 is 7.24. The molecule has 2 fully saturated rings. The summed E-state index contributed by atoms with van der Waals surface area (Å²) in [5.74, 6) is 1.45. The van der Waals surface area contributed by atoms with Gasteiger partial charge in [-0.25, -0.2) is 0 Å². The monoisotopic (exact) mass is 336 g/mol. The zero-order valence-corrected chi connectivity index (χ0v) is 13.9. The molecule has 2 bridgehead atoms. The van der Waals surface area contributed by atoms with Gasteiger partial charge in [-0.1, -0.05) is 36.7 Å². The van der Waals surface area contributed by atoms with Gasteiger partial charge in [-0.3, -0.25) is 4.79 Å². The first-order valence-electron chi connectivity index (χ1n) is 7.30. The SMILES string of the molecule is CC1(C)C2CCC1(C)C(Oc1cc(Br)ccc1C=O)C2. The molecular formula is C17H21BrO2. The van der Waals surface area contributed by atoms with Crippen LogP contribution >= 0.6 is 15.9 Å². The molecule has 0 spiro atoms. The van der Waals surface area contributed by atoms with Crippen LogP contribution < -0.4 is 4.74 Å². The molecular weight excluding hydrogens is 316 g/mol. The largest absolute Gasteiger partial charge is 0.489 e. The predicted molar refractivity (Wildman–Crippen MR) is 83.2 cm³/mol. The van der Waals surface area contributed by atoms with Gasteiger partial charge in [0.15, 0.2) is 6.29 Å². The fourth-order valence-electron chi connectivity index (χ4n) is 4.17. The maximum Gasteiger partial charge on any atom is 0.153 e. The van der Waals surface area contributed by atoms with Gasteiger partial charge < -0.3 is 4.74 Å². The molecule has 2 nitrogen and oxygen atoms in total. The summed E-state index contributed by atoms with van der Waals surface area (Å²) in [6.45, 7) is 7.09. The van der Waals surface area contributed by atoms with Gasteiger partial charge in [-0.2, -0.15) is 0 Å². The normalized spacial score (nSPS) is 34.2. The van der Waals surface area contributed by atoms with Gasteiger partial charge >= 0.3 is 0 Å². The standard InChI is InChI=1S/C17H21BrO2/c1-16(2)12-6-7-17(16,3)15(8-12)20-14-9-13(18)5-4-11(14)10-19/h4-5,9-10,12,15H,6-8H2,1-3H3. The van der Waals surface area contributed by atoms with Gasteiger partial charge in [0, 0.05) is 9.89 Å². The molecule has 3 heteroatoms. The van der Waals surface area contributed by atoms with Crippen molar-refractivity contribution in [3.8, 4) is 5.75 Å². The number of carbonyl (C=O) groups is 1. The average Bonchev–Trinajstić information content (AvgIpc) is 2.72. The Morgan fingerprint density at radius 1 is 1.35 bits per heavy atom. The molecule has 3 unspecified atom stereocenters. The van der Waals surface area contributed by atoms with Crippen LogP contribution in [0.2, 0.25) is 0 Å². The third kappa shape index (κ3) is 1.86. The van der Waals surface area contributed by atoms with Crippen molar-refractivity contribution in [2.45, 2.75) is 46.1 Å². The van der Waals surface area contributed by atoms with E-state index in [1.54, 1.807) is 0 Å². The number of aldehydes is 1.